The number of aromatic nitrogens is 3. The smallest absolute Gasteiger partial charge is 0.456 e. The Morgan fingerprint density at radius 1 is 0.266 bits per heavy atom. The number of rotatable bonds is 6. The number of nitrogens with zero attached hydrogens (tertiary/aromatic N) is 3. The van der Waals surface area contributed by atoms with E-state index in [2.05, 4.69) is 155 Å². The third kappa shape index (κ3) is 8.06. The number of hydrogen-bond acceptors (Lipinski definition) is 9. The second-order valence-corrected chi connectivity index (χ2v) is 21.3. The van der Waals surface area contributed by atoms with E-state index >= 15 is 0 Å². The molecule has 1 fully saturated rings. The summed E-state index contributed by atoms with van der Waals surface area (Å²) in [4.78, 5) is 15.0. The summed E-state index contributed by atoms with van der Waals surface area (Å²) in [6.07, 6.45) is 0. The number of para-hydroxylation sites is 2. The number of fused-ring (bicyclic) bond motifs is 12. The predicted octanol–water partition coefficient (Wildman–Crippen LogP) is 17.8. The minimum absolute atomic E-state index is 0.370. The Hall–Kier alpha value is -9.61. The first-order valence-electron chi connectivity index (χ1n) is 26.5. The van der Waals surface area contributed by atoms with Gasteiger partial charge >= 0.3 is 7.12 Å². The molecule has 0 atom stereocenters. The van der Waals surface area contributed by atoms with Crippen molar-refractivity contribution in [3.8, 4) is 56.4 Å². The van der Waals surface area contributed by atoms with Gasteiger partial charge in [0.15, 0.2) is 17.5 Å². The molecule has 0 unspecified atom stereocenters. The molecule has 0 N–H and O–H groups in total. The van der Waals surface area contributed by atoms with Crippen molar-refractivity contribution in [2.24, 2.45) is 0 Å². The molecule has 16 rings (SSSR count). The molecule has 15 aromatic rings. The highest BCUT2D eigenvalue weighted by Crippen LogP contribution is 2.41. The van der Waals surface area contributed by atoms with E-state index in [4.69, 9.17) is 41.9 Å². The summed E-state index contributed by atoms with van der Waals surface area (Å²) >= 11 is 0. The molecule has 10 aromatic carbocycles. The minimum Gasteiger partial charge on any atom is -0.456 e. The molecular weight excluding hydrogens is 978 g/mol. The van der Waals surface area contributed by atoms with Crippen molar-refractivity contribution in [1.29, 1.82) is 0 Å². The minimum atomic E-state index is -0.399. The van der Waals surface area contributed by atoms with Crippen molar-refractivity contribution in [2.75, 3.05) is 0 Å². The molecule has 0 aliphatic carbocycles. The lowest BCUT2D eigenvalue weighted by Crippen LogP contribution is -2.41. The van der Waals surface area contributed by atoms with E-state index in [9.17, 15) is 0 Å². The van der Waals surface area contributed by atoms with Gasteiger partial charge in [-0.3, -0.25) is 0 Å². The molecule has 79 heavy (non-hydrogen) atoms. The highest BCUT2D eigenvalue weighted by atomic mass is 16.7. The molecule has 378 valence electrons. The average molecular weight is 1030 g/mol. The van der Waals surface area contributed by atoms with Crippen molar-refractivity contribution in [3.63, 3.8) is 0 Å². The average Bonchev–Trinajstić information content (AvgIpc) is 4.39. The van der Waals surface area contributed by atoms with E-state index in [0.29, 0.717) is 17.5 Å². The molecular formula is C69H48BN3O6. The highest BCUT2D eigenvalue weighted by molar-refractivity contribution is 6.62. The predicted molar refractivity (Wildman–Crippen MR) is 318 cm³/mol. The third-order valence-corrected chi connectivity index (χ3v) is 15.8. The van der Waals surface area contributed by atoms with E-state index in [1.165, 1.54) is 0 Å². The van der Waals surface area contributed by atoms with Crippen LogP contribution in [0.15, 0.2) is 236 Å². The maximum atomic E-state index is 6.34. The van der Waals surface area contributed by atoms with Gasteiger partial charge in [-0.2, -0.15) is 0 Å². The van der Waals surface area contributed by atoms with E-state index in [1.54, 1.807) is 0 Å². The summed E-state index contributed by atoms with van der Waals surface area (Å²) in [5.41, 5.74) is 14.2. The lowest BCUT2D eigenvalue weighted by Gasteiger charge is -2.32. The molecule has 0 radical (unpaired) electrons. The zero-order chi connectivity index (χ0) is 53.0. The van der Waals surface area contributed by atoms with E-state index < -0.39 is 7.12 Å². The SMILES string of the molecule is CC1(C)OB(c2ccc3oc4cc5c(cc4c3c2)oc2ccccc25)OC1(C)C.c1ccc(-c2cccc(-c3nc(-c4ccccc4)nc(-c4cccc(-c5ccc6oc7cc8c(cc7c6c5)oc5ccccc58)c4)n3)c2)cc1. The lowest BCUT2D eigenvalue weighted by molar-refractivity contribution is 0.00578. The maximum Gasteiger partial charge on any atom is 0.494 e. The van der Waals surface area contributed by atoms with Gasteiger partial charge in [0.25, 0.3) is 0 Å². The van der Waals surface area contributed by atoms with Gasteiger partial charge in [-0.15, -0.1) is 0 Å². The van der Waals surface area contributed by atoms with Crippen LogP contribution in [0.3, 0.4) is 0 Å². The lowest BCUT2D eigenvalue weighted by atomic mass is 9.78. The zero-order valence-electron chi connectivity index (χ0n) is 43.7. The number of benzene rings is 10. The number of furan rings is 4. The summed E-state index contributed by atoms with van der Waals surface area (Å²) < 4.78 is 37.2. The molecule has 1 saturated heterocycles. The van der Waals surface area contributed by atoms with Crippen LogP contribution in [0, 0.1) is 0 Å². The topological polar surface area (TPSA) is 110 Å². The van der Waals surface area contributed by atoms with Crippen molar-refractivity contribution in [1.82, 2.24) is 15.0 Å². The molecule has 10 heteroatoms. The quantitative estimate of drug-likeness (QED) is 0.150. The normalized spacial score (nSPS) is 14.2. The van der Waals surface area contributed by atoms with Crippen LogP contribution in [0.2, 0.25) is 0 Å². The summed E-state index contributed by atoms with van der Waals surface area (Å²) in [5.74, 6) is 1.87. The fourth-order valence-corrected chi connectivity index (χ4v) is 11.0. The van der Waals surface area contributed by atoms with E-state index in [1.807, 2.05) is 91.0 Å². The molecule has 0 spiro atoms. The maximum absolute atomic E-state index is 6.34. The van der Waals surface area contributed by atoms with Crippen LogP contribution in [-0.2, 0) is 9.31 Å². The van der Waals surface area contributed by atoms with Crippen molar-refractivity contribution < 1.29 is 27.0 Å². The summed E-state index contributed by atoms with van der Waals surface area (Å²) in [6, 6.07) is 74.2. The first-order valence-corrected chi connectivity index (χ1v) is 26.5. The first-order chi connectivity index (χ1) is 38.6. The standard InChI is InChI=1S/C45H27N3O2.C24H21BO4/c1-3-11-28(12-4-1)30-15-9-17-33(23-30)44-46-43(29-13-5-2-6-14-29)47-45(48-44)34-18-10-16-31(24-34)32-21-22-40-36(25-32)38-27-41-37(26-42(38)50-40)35-19-7-8-20-39(35)49-41;1-23(2)24(3,4)29-25(28-23)14-9-10-20-16(11-14)18-13-21-17(12-22(18)27-20)15-7-5-6-8-19(15)26-21/h1-27H;5-13H,1-4H3. The molecule has 9 nitrogen and oxygen atoms in total. The van der Waals surface area contributed by atoms with Gasteiger partial charge in [0, 0.05) is 59.8 Å². The monoisotopic (exact) mass is 1030 g/mol. The Bertz CT molecular complexity index is 4860. The zero-order valence-corrected chi connectivity index (χ0v) is 43.7. The molecule has 0 saturated carbocycles. The van der Waals surface area contributed by atoms with Crippen molar-refractivity contribution in [2.45, 2.75) is 38.9 Å². The van der Waals surface area contributed by atoms with Crippen LogP contribution in [-0.4, -0.2) is 33.3 Å². The molecule has 6 heterocycles. The second-order valence-electron chi connectivity index (χ2n) is 21.3. The van der Waals surface area contributed by atoms with Gasteiger partial charge in [0.1, 0.15) is 44.7 Å². The molecule has 0 amide bonds. The van der Waals surface area contributed by atoms with E-state index in [0.717, 1.165) is 132 Å². The second kappa shape index (κ2) is 18.0. The van der Waals surface area contributed by atoms with Gasteiger partial charge in [-0.1, -0.05) is 152 Å². The van der Waals surface area contributed by atoms with Gasteiger partial charge in [0.05, 0.1) is 11.2 Å². The van der Waals surface area contributed by atoms with Crippen LogP contribution in [0.4, 0.5) is 0 Å². The Balaban J connectivity index is 0.000000158. The summed E-state index contributed by atoms with van der Waals surface area (Å²) in [7, 11) is -0.399. The largest absolute Gasteiger partial charge is 0.494 e. The Morgan fingerprint density at radius 2 is 0.620 bits per heavy atom. The fraction of sp³-hybridized carbons (Fsp3) is 0.0870. The summed E-state index contributed by atoms with van der Waals surface area (Å²) in [5, 5.41) is 8.44. The summed E-state index contributed by atoms with van der Waals surface area (Å²) in [6.45, 7) is 8.27. The van der Waals surface area contributed by atoms with Gasteiger partial charge < -0.3 is 27.0 Å². The van der Waals surface area contributed by atoms with Gasteiger partial charge in [0.2, 0.25) is 0 Å². The van der Waals surface area contributed by atoms with E-state index in [-0.39, 0.29) is 11.2 Å². The molecule has 1 aliphatic heterocycles. The van der Waals surface area contributed by atoms with Gasteiger partial charge in [-0.05, 0) is 122 Å². The molecule has 1 aliphatic rings. The molecule has 5 aromatic heterocycles. The van der Waals surface area contributed by atoms with Crippen LogP contribution in [0.5, 0.6) is 0 Å². The van der Waals surface area contributed by atoms with Crippen LogP contribution in [0.1, 0.15) is 27.7 Å². The number of hydrogen-bond donors (Lipinski definition) is 0. The first kappa shape index (κ1) is 46.7. The fourth-order valence-electron chi connectivity index (χ4n) is 11.0. The van der Waals surface area contributed by atoms with Crippen molar-refractivity contribution in [3.05, 3.63) is 218 Å². The Kier molecular flexibility index (Phi) is 10.6. The third-order valence-electron chi connectivity index (χ3n) is 15.8. The Morgan fingerprint density at radius 3 is 1.14 bits per heavy atom. The van der Waals surface area contributed by atoms with Crippen LogP contribution in [0.25, 0.3) is 144 Å². The highest BCUT2D eigenvalue weighted by Gasteiger charge is 2.51. The Labute approximate surface area is 453 Å². The van der Waals surface area contributed by atoms with Crippen LogP contribution >= 0.6 is 0 Å². The van der Waals surface area contributed by atoms with Crippen molar-refractivity contribution >= 4 is 100 Å². The van der Waals surface area contributed by atoms with Crippen LogP contribution < -0.4 is 5.46 Å². The molecule has 0 bridgehead atoms. The van der Waals surface area contributed by atoms with Gasteiger partial charge in [-0.25, -0.2) is 15.0 Å².